The fourth-order valence-electron chi connectivity index (χ4n) is 1.93. The second-order valence-corrected chi connectivity index (χ2v) is 6.37. The lowest BCUT2D eigenvalue weighted by Gasteiger charge is -2.39. The molecule has 1 aromatic rings. The standard InChI is InChI=1S/C16H22N2O3/c1-16(2,3)14(19)17-13-9-18(10-13)15(20)21-11-12-7-5-4-6-8-12/h4-8,13H,9-11H2,1-3H3,(H,17,19). The second kappa shape index (κ2) is 6.16. The van der Waals surface area contributed by atoms with Crippen molar-refractivity contribution in [2.45, 2.75) is 33.4 Å². The zero-order chi connectivity index (χ0) is 15.5. The maximum absolute atomic E-state index is 11.8. The largest absolute Gasteiger partial charge is 0.445 e. The number of ether oxygens (including phenoxy) is 1. The quantitative estimate of drug-likeness (QED) is 0.928. The van der Waals surface area contributed by atoms with E-state index in [9.17, 15) is 9.59 Å². The van der Waals surface area contributed by atoms with Crippen molar-refractivity contribution >= 4 is 12.0 Å². The molecule has 0 atom stereocenters. The number of amides is 2. The first kappa shape index (κ1) is 15.4. The Labute approximate surface area is 125 Å². The molecule has 0 spiro atoms. The predicted molar refractivity (Wildman–Crippen MR) is 79.6 cm³/mol. The van der Waals surface area contributed by atoms with Crippen molar-refractivity contribution in [2.75, 3.05) is 13.1 Å². The van der Waals surface area contributed by atoms with Gasteiger partial charge in [0.05, 0.1) is 6.04 Å². The number of carbonyl (C=O) groups is 2. The van der Waals surface area contributed by atoms with E-state index in [2.05, 4.69) is 5.32 Å². The normalized spacial score (nSPS) is 15.3. The highest BCUT2D eigenvalue weighted by Crippen LogP contribution is 2.16. The zero-order valence-corrected chi connectivity index (χ0v) is 12.8. The summed E-state index contributed by atoms with van der Waals surface area (Å²) in [4.78, 5) is 25.2. The molecule has 0 bridgehead atoms. The SMILES string of the molecule is CC(C)(C)C(=O)NC1CN(C(=O)OCc2ccccc2)C1. The van der Waals surface area contributed by atoms with E-state index >= 15 is 0 Å². The third kappa shape index (κ3) is 4.21. The molecule has 1 fully saturated rings. The summed E-state index contributed by atoms with van der Waals surface area (Å²) in [6, 6.07) is 9.59. The summed E-state index contributed by atoms with van der Waals surface area (Å²) in [7, 11) is 0. The van der Waals surface area contributed by atoms with E-state index < -0.39 is 5.41 Å². The van der Waals surface area contributed by atoms with E-state index in [-0.39, 0.29) is 24.6 Å². The van der Waals surface area contributed by atoms with Gasteiger partial charge in [-0.1, -0.05) is 51.1 Å². The number of benzene rings is 1. The third-order valence-electron chi connectivity index (χ3n) is 3.36. The molecular formula is C16H22N2O3. The molecule has 0 unspecified atom stereocenters. The van der Waals surface area contributed by atoms with E-state index in [1.54, 1.807) is 4.90 Å². The fourth-order valence-corrected chi connectivity index (χ4v) is 1.93. The summed E-state index contributed by atoms with van der Waals surface area (Å²) in [5, 5.41) is 2.93. The highest BCUT2D eigenvalue weighted by atomic mass is 16.6. The van der Waals surface area contributed by atoms with E-state index in [0.717, 1.165) is 5.56 Å². The van der Waals surface area contributed by atoms with Crippen LogP contribution in [0.2, 0.25) is 0 Å². The predicted octanol–water partition coefficient (Wildman–Crippen LogP) is 2.17. The van der Waals surface area contributed by atoms with Crippen LogP contribution in [0.25, 0.3) is 0 Å². The van der Waals surface area contributed by atoms with Crippen molar-refractivity contribution in [1.29, 1.82) is 0 Å². The van der Waals surface area contributed by atoms with Crippen molar-refractivity contribution in [3.05, 3.63) is 35.9 Å². The van der Waals surface area contributed by atoms with Crippen LogP contribution in [-0.4, -0.2) is 36.0 Å². The lowest BCUT2D eigenvalue weighted by molar-refractivity contribution is -0.130. The van der Waals surface area contributed by atoms with E-state index in [4.69, 9.17) is 4.74 Å². The second-order valence-electron chi connectivity index (χ2n) is 6.37. The molecule has 0 aromatic heterocycles. The number of carbonyl (C=O) groups excluding carboxylic acids is 2. The van der Waals surface area contributed by atoms with Crippen LogP contribution in [0.3, 0.4) is 0 Å². The van der Waals surface area contributed by atoms with Crippen molar-refractivity contribution in [2.24, 2.45) is 5.41 Å². The van der Waals surface area contributed by atoms with Crippen LogP contribution in [0.4, 0.5) is 4.79 Å². The Morgan fingerprint density at radius 2 is 1.86 bits per heavy atom. The minimum atomic E-state index is -0.408. The first-order chi connectivity index (χ1) is 9.86. The summed E-state index contributed by atoms with van der Waals surface area (Å²) in [6.07, 6.45) is -0.333. The molecule has 0 radical (unpaired) electrons. The summed E-state index contributed by atoms with van der Waals surface area (Å²) < 4.78 is 5.23. The van der Waals surface area contributed by atoms with Crippen LogP contribution in [0.1, 0.15) is 26.3 Å². The molecule has 1 aliphatic rings. The number of nitrogens with one attached hydrogen (secondary N) is 1. The molecule has 0 saturated carbocycles. The molecule has 1 aromatic carbocycles. The van der Waals surface area contributed by atoms with Crippen molar-refractivity contribution in [1.82, 2.24) is 10.2 Å². The molecule has 2 amide bonds. The van der Waals surface area contributed by atoms with Gasteiger partial charge in [-0.2, -0.15) is 0 Å². The molecule has 21 heavy (non-hydrogen) atoms. The van der Waals surface area contributed by atoms with Gasteiger partial charge in [-0.25, -0.2) is 4.79 Å². The van der Waals surface area contributed by atoms with E-state index in [0.29, 0.717) is 13.1 Å². The molecule has 1 aliphatic heterocycles. The first-order valence-electron chi connectivity index (χ1n) is 7.13. The van der Waals surface area contributed by atoms with Crippen LogP contribution < -0.4 is 5.32 Å². The van der Waals surface area contributed by atoms with E-state index in [1.807, 2.05) is 51.1 Å². The van der Waals surface area contributed by atoms with Gasteiger partial charge in [-0.3, -0.25) is 4.79 Å². The van der Waals surface area contributed by atoms with Gasteiger partial charge >= 0.3 is 6.09 Å². The lowest BCUT2D eigenvalue weighted by Crippen LogP contribution is -2.62. The molecule has 1 N–H and O–H groups in total. The van der Waals surface area contributed by atoms with Crippen molar-refractivity contribution in [3.8, 4) is 0 Å². The Morgan fingerprint density at radius 3 is 2.43 bits per heavy atom. The Hall–Kier alpha value is -2.04. The topological polar surface area (TPSA) is 58.6 Å². The summed E-state index contributed by atoms with van der Waals surface area (Å²) in [6.45, 7) is 6.90. The number of nitrogens with zero attached hydrogens (tertiary/aromatic N) is 1. The van der Waals surface area contributed by atoms with Crippen LogP contribution in [0.15, 0.2) is 30.3 Å². The van der Waals surface area contributed by atoms with Gasteiger partial charge in [-0.05, 0) is 5.56 Å². The van der Waals surface area contributed by atoms with Gasteiger partial charge in [0.25, 0.3) is 0 Å². The van der Waals surface area contributed by atoms with Crippen molar-refractivity contribution in [3.63, 3.8) is 0 Å². The van der Waals surface area contributed by atoms with Gasteiger partial charge in [0.2, 0.25) is 5.91 Å². The lowest BCUT2D eigenvalue weighted by atomic mass is 9.94. The summed E-state index contributed by atoms with van der Waals surface area (Å²) >= 11 is 0. The molecular weight excluding hydrogens is 268 g/mol. The maximum Gasteiger partial charge on any atom is 0.410 e. The molecule has 5 nitrogen and oxygen atoms in total. The molecule has 5 heteroatoms. The Bertz CT molecular complexity index is 502. The maximum atomic E-state index is 11.8. The number of rotatable bonds is 3. The minimum Gasteiger partial charge on any atom is -0.445 e. The van der Waals surface area contributed by atoms with Gasteiger partial charge in [0.1, 0.15) is 6.61 Å². The first-order valence-corrected chi connectivity index (χ1v) is 7.13. The van der Waals surface area contributed by atoms with Crippen molar-refractivity contribution < 1.29 is 14.3 Å². The Morgan fingerprint density at radius 1 is 1.24 bits per heavy atom. The molecule has 1 heterocycles. The average Bonchev–Trinajstić information content (AvgIpc) is 2.39. The van der Waals surface area contributed by atoms with Gasteiger partial charge in [0, 0.05) is 18.5 Å². The summed E-state index contributed by atoms with van der Waals surface area (Å²) in [5.74, 6) is 0.00445. The number of hydrogen-bond acceptors (Lipinski definition) is 3. The third-order valence-corrected chi connectivity index (χ3v) is 3.36. The van der Waals surface area contributed by atoms with E-state index in [1.165, 1.54) is 0 Å². The van der Waals surface area contributed by atoms with Gasteiger partial charge < -0.3 is 15.0 Å². The molecule has 0 aliphatic carbocycles. The Balaban J connectivity index is 1.69. The van der Waals surface area contributed by atoms with Crippen LogP contribution in [0.5, 0.6) is 0 Å². The van der Waals surface area contributed by atoms with Gasteiger partial charge in [-0.15, -0.1) is 0 Å². The van der Waals surface area contributed by atoms with Gasteiger partial charge in [0.15, 0.2) is 0 Å². The molecule has 114 valence electrons. The van der Waals surface area contributed by atoms with Crippen LogP contribution >= 0.6 is 0 Å². The fraction of sp³-hybridized carbons (Fsp3) is 0.500. The zero-order valence-electron chi connectivity index (χ0n) is 12.8. The molecule has 2 rings (SSSR count). The number of likely N-dealkylation sites (tertiary alicyclic amines) is 1. The minimum absolute atomic E-state index is 0.00445. The van der Waals surface area contributed by atoms with Crippen LogP contribution in [0, 0.1) is 5.41 Å². The smallest absolute Gasteiger partial charge is 0.410 e. The monoisotopic (exact) mass is 290 g/mol. The summed E-state index contributed by atoms with van der Waals surface area (Å²) in [5.41, 5.74) is 0.554. The Kier molecular flexibility index (Phi) is 4.50. The van der Waals surface area contributed by atoms with Crippen LogP contribution in [-0.2, 0) is 16.1 Å². The molecule has 1 saturated heterocycles. The highest BCUT2D eigenvalue weighted by Gasteiger charge is 2.34. The highest BCUT2D eigenvalue weighted by molar-refractivity contribution is 5.82. The average molecular weight is 290 g/mol. The number of hydrogen-bond donors (Lipinski definition) is 1.